The summed E-state index contributed by atoms with van der Waals surface area (Å²) < 4.78 is 6.80. The van der Waals surface area contributed by atoms with Crippen LogP contribution in [0.2, 0.25) is 0 Å². The van der Waals surface area contributed by atoms with E-state index in [1.165, 1.54) is 0 Å². The van der Waals surface area contributed by atoms with Gasteiger partial charge in [0.15, 0.2) is 0 Å². The lowest BCUT2D eigenvalue weighted by Gasteiger charge is -2.04. The number of nitrogen functional groups attached to an aromatic ring is 1. The van der Waals surface area contributed by atoms with E-state index < -0.39 is 0 Å². The number of carbonyl (C=O) groups is 1. The van der Waals surface area contributed by atoms with Gasteiger partial charge in [-0.15, -0.1) is 0 Å². The Balaban J connectivity index is 2.11. The molecule has 0 saturated heterocycles. The minimum absolute atomic E-state index is 0.190. The van der Waals surface area contributed by atoms with Gasteiger partial charge in [-0.25, -0.2) is 4.98 Å². The Morgan fingerprint density at radius 2 is 2.35 bits per heavy atom. The van der Waals surface area contributed by atoms with E-state index in [2.05, 4.69) is 4.98 Å². The molecule has 90 valence electrons. The molecule has 0 bridgehead atoms. The van der Waals surface area contributed by atoms with Crippen molar-refractivity contribution in [1.29, 1.82) is 0 Å². The average molecular weight is 233 g/mol. The fraction of sp³-hybridized carbons (Fsp3) is 0.333. The second-order valence-corrected chi connectivity index (χ2v) is 3.74. The van der Waals surface area contributed by atoms with Crippen molar-refractivity contribution in [1.82, 2.24) is 9.55 Å². The molecule has 0 aliphatic carbocycles. The molecule has 0 unspecified atom stereocenters. The van der Waals surface area contributed by atoms with E-state index in [0.717, 1.165) is 11.0 Å². The molecule has 17 heavy (non-hydrogen) atoms. The van der Waals surface area contributed by atoms with Crippen LogP contribution in [0.15, 0.2) is 24.5 Å². The summed E-state index contributed by atoms with van der Waals surface area (Å²) in [4.78, 5) is 15.5. The number of rotatable bonds is 4. The maximum absolute atomic E-state index is 11.3. The smallest absolute Gasteiger partial charge is 0.307 e. The predicted octanol–water partition coefficient (Wildman–Crippen LogP) is 1.57. The molecule has 0 aliphatic rings. The molecule has 5 nitrogen and oxygen atoms in total. The molecule has 0 fully saturated rings. The largest absolute Gasteiger partial charge is 0.466 e. The Morgan fingerprint density at radius 3 is 3.12 bits per heavy atom. The van der Waals surface area contributed by atoms with Crippen molar-refractivity contribution < 1.29 is 9.53 Å². The summed E-state index contributed by atoms with van der Waals surface area (Å²) in [7, 11) is 0. The molecule has 1 aromatic carbocycles. The fourth-order valence-corrected chi connectivity index (χ4v) is 1.70. The average Bonchev–Trinajstić information content (AvgIpc) is 2.69. The van der Waals surface area contributed by atoms with Gasteiger partial charge in [0.25, 0.3) is 0 Å². The molecule has 0 saturated carbocycles. The molecular formula is C12H15N3O2. The highest BCUT2D eigenvalue weighted by Gasteiger charge is 2.06. The van der Waals surface area contributed by atoms with Crippen LogP contribution >= 0.6 is 0 Å². The van der Waals surface area contributed by atoms with Crippen molar-refractivity contribution >= 4 is 22.7 Å². The third-order valence-electron chi connectivity index (χ3n) is 2.51. The van der Waals surface area contributed by atoms with Gasteiger partial charge in [0.05, 0.1) is 30.4 Å². The highest BCUT2D eigenvalue weighted by Crippen LogP contribution is 2.16. The summed E-state index contributed by atoms with van der Waals surface area (Å²) in [6.07, 6.45) is 2.06. The second-order valence-electron chi connectivity index (χ2n) is 3.74. The first-order valence-electron chi connectivity index (χ1n) is 5.56. The summed E-state index contributed by atoms with van der Waals surface area (Å²) in [6.45, 7) is 2.78. The van der Waals surface area contributed by atoms with Crippen molar-refractivity contribution in [3.63, 3.8) is 0 Å². The molecule has 2 aromatic rings. The van der Waals surface area contributed by atoms with Crippen molar-refractivity contribution in [2.45, 2.75) is 19.9 Å². The summed E-state index contributed by atoms with van der Waals surface area (Å²) in [5.74, 6) is -0.190. The number of hydrogen-bond acceptors (Lipinski definition) is 4. The summed E-state index contributed by atoms with van der Waals surface area (Å²) >= 11 is 0. The third kappa shape index (κ3) is 2.55. The van der Waals surface area contributed by atoms with Crippen LogP contribution in [0.5, 0.6) is 0 Å². The summed E-state index contributed by atoms with van der Waals surface area (Å²) in [5.41, 5.74) is 8.18. The number of carbonyl (C=O) groups excluding carboxylic acids is 1. The number of fused-ring (bicyclic) bond motifs is 1. The highest BCUT2D eigenvalue weighted by molar-refractivity contribution is 5.79. The van der Waals surface area contributed by atoms with Crippen molar-refractivity contribution in [2.24, 2.45) is 0 Å². The number of imidazole rings is 1. The van der Waals surface area contributed by atoms with Crippen LogP contribution in [0.1, 0.15) is 13.3 Å². The molecule has 2 N–H and O–H groups in total. The number of hydrogen-bond donors (Lipinski definition) is 1. The van der Waals surface area contributed by atoms with Crippen LogP contribution in [-0.2, 0) is 16.1 Å². The standard InChI is InChI=1S/C12H15N3O2/c1-2-17-12(16)5-6-15-8-14-10-7-9(13)3-4-11(10)15/h3-4,7-8H,2,5-6,13H2,1H3. The Labute approximate surface area is 99.2 Å². The number of benzene rings is 1. The molecule has 0 radical (unpaired) electrons. The molecule has 2 rings (SSSR count). The van der Waals surface area contributed by atoms with Crippen molar-refractivity contribution in [3.8, 4) is 0 Å². The minimum Gasteiger partial charge on any atom is -0.466 e. The lowest BCUT2D eigenvalue weighted by atomic mass is 10.3. The molecule has 0 amide bonds. The van der Waals surface area contributed by atoms with Crippen LogP contribution < -0.4 is 5.73 Å². The van der Waals surface area contributed by atoms with Gasteiger partial charge in [-0.05, 0) is 25.1 Å². The van der Waals surface area contributed by atoms with Gasteiger partial charge < -0.3 is 15.0 Å². The number of aromatic nitrogens is 2. The van der Waals surface area contributed by atoms with Gasteiger partial charge in [-0.2, -0.15) is 0 Å². The van der Waals surface area contributed by atoms with E-state index in [1.54, 1.807) is 13.3 Å². The molecule has 0 aliphatic heterocycles. The number of nitrogens with two attached hydrogens (primary N) is 1. The van der Waals surface area contributed by atoms with Gasteiger partial charge >= 0.3 is 5.97 Å². The number of esters is 1. The lowest BCUT2D eigenvalue weighted by Crippen LogP contribution is -2.08. The maximum Gasteiger partial charge on any atom is 0.307 e. The van der Waals surface area contributed by atoms with Crippen LogP contribution in [0.4, 0.5) is 5.69 Å². The lowest BCUT2D eigenvalue weighted by molar-refractivity contribution is -0.143. The third-order valence-corrected chi connectivity index (χ3v) is 2.51. The van der Waals surface area contributed by atoms with Gasteiger partial charge in [0.1, 0.15) is 0 Å². The Kier molecular flexibility index (Phi) is 3.27. The molecule has 0 spiro atoms. The predicted molar refractivity (Wildman–Crippen MR) is 65.4 cm³/mol. The zero-order chi connectivity index (χ0) is 12.3. The van der Waals surface area contributed by atoms with E-state index in [1.807, 2.05) is 22.8 Å². The topological polar surface area (TPSA) is 70.1 Å². The van der Waals surface area contributed by atoms with E-state index in [0.29, 0.717) is 25.3 Å². The Hall–Kier alpha value is -2.04. The second kappa shape index (κ2) is 4.86. The Morgan fingerprint density at radius 1 is 1.53 bits per heavy atom. The first-order valence-corrected chi connectivity index (χ1v) is 5.56. The SMILES string of the molecule is CCOC(=O)CCn1cnc2cc(N)ccc21. The number of nitrogens with zero attached hydrogens (tertiary/aromatic N) is 2. The fourth-order valence-electron chi connectivity index (χ4n) is 1.70. The van der Waals surface area contributed by atoms with Crippen LogP contribution in [0.3, 0.4) is 0 Å². The monoisotopic (exact) mass is 233 g/mol. The molecular weight excluding hydrogens is 218 g/mol. The maximum atomic E-state index is 11.3. The van der Waals surface area contributed by atoms with Crippen molar-refractivity contribution in [2.75, 3.05) is 12.3 Å². The van der Waals surface area contributed by atoms with Gasteiger partial charge in [-0.3, -0.25) is 4.79 Å². The molecule has 5 heteroatoms. The van der Waals surface area contributed by atoms with E-state index >= 15 is 0 Å². The van der Waals surface area contributed by atoms with E-state index in [4.69, 9.17) is 10.5 Å². The van der Waals surface area contributed by atoms with Gasteiger partial charge in [-0.1, -0.05) is 0 Å². The van der Waals surface area contributed by atoms with Crippen LogP contribution in [0, 0.1) is 0 Å². The normalized spacial score (nSPS) is 10.6. The highest BCUT2D eigenvalue weighted by atomic mass is 16.5. The minimum atomic E-state index is -0.190. The molecule has 0 atom stereocenters. The summed E-state index contributed by atoms with van der Waals surface area (Å²) in [6, 6.07) is 5.55. The number of ether oxygens (including phenoxy) is 1. The first kappa shape index (κ1) is 11.4. The molecule has 1 aromatic heterocycles. The first-order chi connectivity index (χ1) is 8.20. The van der Waals surface area contributed by atoms with Gasteiger partial charge in [0, 0.05) is 12.2 Å². The number of anilines is 1. The Bertz CT molecular complexity index is 534. The quantitative estimate of drug-likeness (QED) is 0.642. The van der Waals surface area contributed by atoms with E-state index in [-0.39, 0.29) is 5.97 Å². The van der Waals surface area contributed by atoms with Crippen LogP contribution in [0.25, 0.3) is 11.0 Å². The van der Waals surface area contributed by atoms with Gasteiger partial charge in [0.2, 0.25) is 0 Å². The number of aryl methyl sites for hydroxylation is 1. The molecule has 1 heterocycles. The van der Waals surface area contributed by atoms with Crippen LogP contribution in [-0.4, -0.2) is 22.1 Å². The zero-order valence-corrected chi connectivity index (χ0v) is 9.72. The zero-order valence-electron chi connectivity index (χ0n) is 9.72. The summed E-state index contributed by atoms with van der Waals surface area (Å²) in [5, 5.41) is 0. The van der Waals surface area contributed by atoms with Crippen molar-refractivity contribution in [3.05, 3.63) is 24.5 Å². The van der Waals surface area contributed by atoms with E-state index in [9.17, 15) is 4.79 Å².